The van der Waals surface area contributed by atoms with Gasteiger partial charge in [0.15, 0.2) is 11.5 Å². The second-order valence-electron chi connectivity index (χ2n) is 5.10. The topological polar surface area (TPSA) is 86.2 Å². The second-order valence-corrected chi connectivity index (χ2v) is 6.76. The van der Waals surface area contributed by atoms with Crippen molar-refractivity contribution in [3.8, 4) is 17.2 Å². The Balaban J connectivity index is 2.10. The van der Waals surface area contributed by atoms with Crippen molar-refractivity contribution >= 4 is 16.2 Å². The molecule has 0 radical (unpaired) electrons. The highest BCUT2D eigenvalue weighted by Crippen LogP contribution is 2.27. The van der Waals surface area contributed by atoms with E-state index in [-0.39, 0.29) is 4.90 Å². The molecule has 26 heavy (non-hydrogen) atoms. The Morgan fingerprint density at radius 1 is 1.00 bits per heavy atom. The summed E-state index contributed by atoms with van der Waals surface area (Å²) in [6, 6.07) is 11.3. The highest BCUT2D eigenvalue weighted by Gasteiger charge is 2.12. The van der Waals surface area contributed by atoms with Crippen LogP contribution in [0.15, 0.2) is 52.5 Å². The normalized spacial score (nSPS) is 11.3. The summed E-state index contributed by atoms with van der Waals surface area (Å²) in [5, 5.41) is 3.81. The Bertz CT molecular complexity index is 848. The number of methoxy groups -OCH3 is 1. The quantitative estimate of drug-likeness (QED) is 0.536. The lowest BCUT2D eigenvalue weighted by atomic mass is 10.2. The van der Waals surface area contributed by atoms with Crippen LogP contribution in [0.3, 0.4) is 0 Å². The largest absolute Gasteiger partial charge is 0.494 e. The Morgan fingerprint density at radius 2 is 1.69 bits per heavy atom. The number of hydrogen-bond donors (Lipinski definition) is 1. The number of rotatable bonds is 9. The number of hydrazone groups is 1. The molecule has 0 aliphatic heterocycles. The summed E-state index contributed by atoms with van der Waals surface area (Å²) >= 11 is 0. The van der Waals surface area contributed by atoms with Crippen LogP contribution in [0.1, 0.15) is 19.4 Å². The summed E-state index contributed by atoms with van der Waals surface area (Å²) in [5.41, 5.74) is 0.670. The van der Waals surface area contributed by atoms with Crippen molar-refractivity contribution in [1.82, 2.24) is 4.83 Å². The molecule has 0 saturated carbocycles. The van der Waals surface area contributed by atoms with Crippen LogP contribution in [0.25, 0.3) is 0 Å². The van der Waals surface area contributed by atoms with Gasteiger partial charge in [-0.2, -0.15) is 13.5 Å². The molecular weight excluding hydrogens is 356 g/mol. The van der Waals surface area contributed by atoms with Crippen molar-refractivity contribution in [2.24, 2.45) is 5.10 Å². The molecule has 0 atom stereocenters. The second kappa shape index (κ2) is 9.10. The predicted octanol–water partition coefficient (Wildman–Crippen LogP) is 2.81. The minimum absolute atomic E-state index is 0.0999. The maximum absolute atomic E-state index is 12.3. The molecule has 0 amide bonds. The molecule has 0 spiro atoms. The molecule has 0 aliphatic rings. The Kier molecular flexibility index (Phi) is 6.85. The number of benzene rings is 2. The van der Waals surface area contributed by atoms with Gasteiger partial charge >= 0.3 is 0 Å². The zero-order chi connectivity index (χ0) is 19.0. The first-order chi connectivity index (χ1) is 12.5. The van der Waals surface area contributed by atoms with Gasteiger partial charge in [-0.3, -0.25) is 0 Å². The molecule has 140 valence electrons. The van der Waals surface area contributed by atoms with Gasteiger partial charge in [0.05, 0.1) is 31.4 Å². The first-order valence-corrected chi connectivity index (χ1v) is 9.57. The van der Waals surface area contributed by atoms with Gasteiger partial charge in [0, 0.05) is 0 Å². The molecule has 0 fully saturated rings. The van der Waals surface area contributed by atoms with Gasteiger partial charge in [0.1, 0.15) is 5.75 Å². The predicted molar refractivity (Wildman–Crippen MR) is 99.7 cm³/mol. The first kappa shape index (κ1) is 19.6. The molecule has 0 unspecified atom stereocenters. The standard InChI is InChI=1S/C18H22N2O5S/c1-4-24-15-7-9-16(10-8-15)26(21,22)20-19-13-14-6-11-17(23-3)18(12-14)25-5-2/h6-13,20H,4-5H2,1-3H3/b19-13+. The first-order valence-electron chi connectivity index (χ1n) is 8.08. The monoisotopic (exact) mass is 378 g/mol. The van der Waals surface area contributed by atoms with Crippen LogP contribution in [-0.4, -0.2) is 35.0 Å². The lowest BCUT2D eigenvalue weighted by molar-refractivity contribution is 0.311. The molecule has 2 aromatic rings. The highest BCUT2D eigenvalue weighted by atomic mass is 32.2. The fourth-order valence-electron chi connectivity index (χ4n) is 2.15. The molecule has 0 aromatic heterocycles. The molecule has 0 saturated heterocycles. The van der Waals surface area contributed by atoms with E-state index in [1.807, 2.05) is 13.8 Å². The van der Waals surface area contributed by atoms with E-state index in [0.29, 0.717) is 36.0 Å². The average Bonchev–Trinajstić information content (AvgIpc) is 2.63. The fraction of sp³-hybridized carbons (Fsp3) is 0.278. The molecule has 2 aromatic carbocycles. The van der Waals surface area contributed by atoms with Gasteiger partial charge in [-0.15, -0.1) is 0 Å². The van der Waals surface area contributed by atoms with Gasteiger partial charge in [-0.05, 0) is 61.9 Å². The number of hydrogen-bond acceptors (Lipinski definition) is 6. The highest BCUT2D eigenvalue weighted by molar-refractivity contribution is 7.89. The lowest BCUT2D eigenvalue weighted by Gasteiger charge is -2.09. The van der Waals surface area contributed by atoms with Crippen LogP contribution in [0.5, 0.6) is 17.2 Å². The van der Waals surface area contributed by atoms with E-state index >= 15 is 0 Å². The molecule has 1 N–H and O–H groups in total. The number of ether oxygens (including phenoxy) is 3. The Morgan fingerprint density at radius 3 is 2.31 bits per heavy atom. The summed E-state index contributed by atoms with van der Waals surface area (Å²) in [6.45, 7) is 4.73. The molecular formula is C18H22N2O5S. The van der Waals surface area contributed by atoms with Crippen LogP contribution in [-0.2, 0) is 10.0 Å². The fourth-order valence-corrected chi connectivity index (χ4v) is 2.94. The number of nitrogens with one attached hydrogen (secondary N) is 1. The smallest absolute Gasteiger partial charge is 0.276 e. The van der Waals surface area contributed by atoms with E-state index in [0.717, 1.165) is 0 Å². The summed E-state index contributed by atoms with van der Waals surface area (Å²) in [7, 11) is -2.20. The number of nitrogens with zero attached hydrogens (tertiary/aromatic N) is 1. The van der Waals surface area contributed by atoms with Crippen molar-refractivity contribution in [1.29, 1.82) is 0 Å². The molecule has 0 heterocycles. The van der Waals surface area contributed by atoms with Crippen molar-refractivity contribution < 1.29 is 22.6 Å². The third-order valence-electron chi connectivity index (χ3n) is 3.32. The van der Waals surface area contributed by atoms with Crippen molar-refractivity contribution in [3.63, 3.8) is 0 Å². The zero-order valence-electron chi connectivity index (χ0n) is 14.9. The lowest BCUT2D eigenvalue weighted by Crippen LogP contribution is -2.18. The summed E-state index contributed by atoms with van der Waals surface area (Å²) in [5.74, 6) is 1.77. The van der Waals surface area contributed by atoms with Crippen LogP contribution in [0.2, 0.25) is 0 Å². The van der Waals surface area contributed by atoms with Crippen molar-refractivity contribution in [3.05, 3.63) is 48.0 Å². The van der Waals surface area contributed by atoms with E-state index in [1.165, 1.54) is 18.3 Å². The van der Waals surface area contributed by atoms with Crippen molar-refractivity contribution in [2.75, 3.05) is 20.3 Å². The van der Waals surface area contributed by atoms with E-state index in [2.05, 4.69) is 9.93 Å². The minimum atomic E-state index is -3.75. The van der Waals surface area contributed by atoms with Crippen LogP contribution in [0.4, 0.5) is 0 Å². The third-order valence-corrected chi connectivity index (χ3v) is 4.56. The molecule has 0 aliphatic carbocycles. The Labute approximate surface area is 153 Å². The maximum atomic E-state index is 12.3. The van der Waals surface area contributed by atoms with Crippen molar-refractivity contribution in [2.45, 2.75) is 18.7 Å². The van der Waals surface area contributed by atoms with Gasteiger partial charge in [-0.25, -0.2) is 4.83 Å². The molecule has 0 bridgehead atoms. The summed E-state index contributed by atoms with van der Waals surface area (Å²) in [6.07, 6.45) is 1.40. The van der Waals surface area contributed by atoms with E-state index in [1.54, 1.807) is 37.4 Å². The summed E-state index contributed by atoms with van der Waals surface area (Å²) < 4.78 is 40.5. The molecule has 7 nitrogen and oxygen atoms in total. The molecule has 8 heteroatoms. The van der Waals surface area contributed by atoms with E-state index < -0.39 is 10.0 Å². The van der Waals surface area contributed by atoms with Crippen LogP contribution in [0, 0.1) is 0 Å². The van der Waals surface area contributed by atoms with Crippen LogP contribution >= 0.6 is 0 Å². The van der Waals surface area contributed by atoms with Gasteiger partial charge in [0.2, 0.25) is 0 Å². The maximum Gasteiger partial charge on any atom is 0.276 e. The zero-order valence-corrected chi connectivity index (χ0v) is 15.7. The number of sulfonamides is 1. The minimum Gasteiger partial charge on any atom is -0.494 e. The van der Waals surface area contributed by atoms with E-state index in [4.69, 9.17) is 14.2 Å². The third kappa shape index (κ3) is 5.13. The van der Waals surface area contributed by atoms with Crippen LogP contribution < -0.4 is 19.0 Å². The molecule has 2 rings (SSSR count). The Hall–Kier alpha value is -2.74. The van der Waals surface area contributed by atoms with E-state index in [9.17, 15) is 8.42 Å². The van der Waals surface area contributed by atoms with Gasteiger partial charge in [0.25, 0.3) is 10.0 Å². The SMILES string of the molecule is CCOc1ccc(S(=O)(=O)N/N=C/c2ccc(OC)c(OCC)c2)cc1. The van der Waals surface area contributed by atoms with Gasteiger partial charge < -0.3 is 14.2 Å². The summed E-state index contributed by atoms with van der Waals surface area (Å²) in [4.78, 5) is 2.28. The van der Waals surface area contributed by atoms with Gasteiger partial charge in [-0.1, -0.05) is 0 Å². The average molecular weight is 378 g/mol.